The summed E-state index contributed by atoms with van der Waals surface area (Å²) in [6.07, 6.45) is 2.06. The van der Waals surface area contributed by atoms with E-state index in [1.54, 1.807) is 0 Å². The van der Waals surface area contributed by atoms with Gasteiger partial charge in [0.25, 0.3) is 0 Å². The van der Waals surface area contributed by atoms with Crippen LogP contribution in [0.3, 0.4) is 0 Å². The molecule has 1 heterocycles. The standard InChI is InChI=1S/C14H18ClNO/c1-11(2)10-17-9-8-16-7-6-12-4-3-5-13(15)14(12)16/h3-7,11H,8-10H2,1-2H3. The van der Waals surface area contributed by atoms with E-state index in [9.17, 15) is 0 Å². The lowest BCUT2D eigenvalue weighted by Gasteiger charge is -2.09. The van der Waals surface area contributed by atoms with E-state index in [-0.39, 0.29) is 0 Å². The molecule has 0 aliphatic heterocycles. The van der Waals surface area contributed by atoms with Crippen LogP contribution in [-0.2, 0) is 11.3 Å². The second-order valence-corrected chi connectivity index (χ2v) is 5.06. The Kier molecular flexibility index (Phi) is 4.08. The molecule has 1 aromatic heterocycles. The summed E-state index contributed by atoms with van der Waals surface area (Å²) in [5.41, 5.74) is 1.10. The van der Waals surface area contributed by atoms with Gasteiger partial charge < -0.3 is 9.30 Å². The summed E-state index contributed by atoms with van der Waals surface area (Å²) in [6, 6.07) is 8.07. The van der Waals surface area contributed by atoms with Crippen molar-refractivity contribution in [2.24, 2.45) is 5.92 Å². The van der Waals surface area contributed by atoms with E-state index in [1.807, 2.05) is 12.1 Å². The highest BCUT2D eigenvalue weighted by Gasteiger charge is 2.04. The van der Waals surface area contributed by atoms with Crippen molar-refractivity contribution in [3.8, 4) is 0 Å². The number of rotatable bonds is 5. The predicted octanol–water partition coefficient (Wildman–Crippen LogP) is 3.97. The van der Waals surface area contributed by atoms with Gasteiger partial charge in [-0.15, -0.1) is 0 Å². The highest BCUT2D eigenvalue weighted by atomic mass is 35.5. The lowest BCUT2D eigenvalue weighted by atomic mass is 10.2. The highest BCUT2D eigenvalue weighted by Crippen LogP contribution is 2.24. The molecule has 0 N–H and O–H groups in total. The molecular weight excluding hydrogens is 234 g/mol. The minimum atomic E-state index is 0.583. The van der Waals surface area contributed by atoms with Crippen LogP contribution in [-0.4, -0.2) is 17.8 Å². The molecule has 0 aliphatic carbocycles. The van der Waals surface area contributed by atoms with E-state index in [0.717, 1.165) is 30.3 Å². The summed E-state index contributed by atoms with van der Waals surface area (Å²) in [5.74, 6) is 0.583. The molecule has 0 saturated carbocycles. The summed E-state index contributed by atoms with van der Waals surface area (Å²) in [5, 5.41) is 1.98. The van der Waals surface area contributed by atoms with E-state index in [2.05, 4.69) is 36.7 Å². The Morgan fingerprint density at radius 2 is 2.12 bits per heavy atom. The van der Waals surface area contributed by atoms with Crippen LogP contribution in [0.4, 0.5) is 0 Å². The number of hydrogen-bond donors (Lipinski definition) is 0. The number of fused-ring (bicyclic) bond motifs is 1. The number of para-hydroxylation sites is 1. The summed E-state index contributed by atoms with van der Waals surface area (Å²) >= 11 is 6.21. The van der Waals surface area contributed by atoms with Crippen LogP contribution in [0.1, 0.15) is 13.8 Å². The fraction of sp³-hybridized carbons (Fsp3) is 0.429. The Hall–Kier alpha value is -0.990. The monoisotopic (exact) mass is 251 g/mol. The average molecular weight is 252 g/mol. The lowest BCUT2D eigenvalue weighted by molar-refractivity contribution is 0.104. The van der Waals surface area contributed by atoms with Gasteiger partial charge in [-0.1, -0.05) is 37.6 Å². The van der Waals surface area contributed by atoms with Crippen LogP contribution < -0.4 is 0 Å². The zero-order valence-corrected chi connectivity index (χ0v) is 11.1. The van der Waals surface area contributed by atoms with Crippen molar-refractivity contribution in [2.75, 3.05) is 13.2 Å². The molecule has 2 aromatic rings. The van der Waals surface area contributed by atoms with E-state index in [4.69, 9.17) is 16.3 Å². The normalized spacial score (nSPS) is 11.5. The molecule has 2 nitrogen and oxygen atoms in total. The first kappa shape index (κ1) is 12.5. The maximum Gasteiger partial charge on any atom is 0.0670 e. The third-order valence-corrected chi connectivity index (χ3v) is 2.97. The second kappa shape index (κ2) is 5.56. The minimum Gasteiger partial charge on any atom is -0.379 e. The van der Waals surface area contributed by atoms with Gasteiger partial charge in [-0.3, -0.25) is 0 Å². The van der Waals surface area contributed by atoms with Crippen molar-refractivity contribution < 1.29 is 4.74 Å². The summed E-state index contributed by atoms with van der Waals surface area (Å²) in [4.78, 5) is 0. The van der Waals surface area contributed by atoms with E-state index >= 15 is 0 Å². The number of hydrogen-bond acceptors (Lipinski definition) is 1. The van der Waals surface area contributed by atoms with Gasteiger partial charge in [0.2, 0.25) is 0 Å². The molecule has 2 rings (SSSR count). The molecule has 0 unspecified atom stereocenters. The van der Waals surface area contributed by atoms with Crippen molar-refractivity contribution in [3.63, 3.8) is 0 Å². The Labute approximate surface area is 107 Å². The molecule has 0 aliphatic rings. The van der Waals surface area contributed by atoms with E-state index in [1.165, 1.54) is 5.39 Å². The number of ether oxygens (including phenoxy) is 1. The predicted molar refractivity (Wildman–Crippen MR) is 72.6 cm³/mol. The van der Waals surface area contributed by atoms with Gasteiger partial charge in [0.1, 0.15) is 0 Å². The molecule has 1 aromatic carbocycles. The van der Waals surface area contributed by atoms with Gasteiger partial charge in [0.05, 0.1) is 17.1 Å². The zero-order valence-electron chi connectivity index (χ0n) is 10.3. The van der Waals surface area contributed by atoms with Crippen molar-refractivity contribution >= 4 is 22.5 Å². The molecule has 0 fully saturated rings. The van der Waals surface area contributed by atoms with Crippen LogP contribution in [0.2, 0.25) is 5.02 Å². The SMILES string of the molecule is CC(C)COCCn1ccc2cccc(Cl)c21. The van der Waals surface area contributed by atoms with Gasteiger partial charge >= 0.3 is 0 Å². The van der Waals surface area contributed by atoms with Gasteiger partial charge in [-0.05, 0) is 18.1 Å². The first-order valence-corrected chi connectivity index (χ1v) is 6.37. The molecule has 0 saturated heterocycles. The largest absolute Gasteiger partial charge is 0.379 e. The maximum atomic E-state index is 6.21. The number of nitrogens with zero attached hydrogens (tertiary/aromatic N) is 1. The molecule has 0 bridgehead atoms. The molecule has 0 spiro atoms. The summed E-state index contributed by atoms with van der Waals surface area (Å²) < 4.78 is 7.74. The molecule has 17 heavy (non-hydrogen) atoms. The van der Waals surface area contributed by atoms with Crippen LogP contribution in [0.5, 0.6) is 0 Å². The summed E-state index contributed by atoms with van der Waals surface area (Å²) in [7, 11) is 0. The number of aromatic nitrogens is 1. The van der Waals surface area contributed by atoms with Gasteiger partial charge in [0.15, 0.2) is 0 Å². The quantitative estimate of drug-likeness (QED) is 0.734. The molecule has 0 amide bonds. The minimum absolute atomic E-state index is 0.583. The number of benzene rings is 1. The second-order valence-electron chi connectivity index (χ2n) is 4.66. The molecule has 92 valence electrons. The molecule has 0 radical (unpaired) electrons. The molecule has 0 atom stereocenters. The molecular formula is C14H18ClNO. The first-order valence-electron chi connectivity index (χ1n) is 5.99. The van der Waals surface area contributed by atoms with Crippen LogP contribution >= 0.6 is 11.6 Å². The van der Waals surface area contributed by atoms with Gasteiger partial charge in [-0.25, -0.2) is 0 Å². The average Bonchev–Trinajstić information content (AvgIpc) is 2.69. The fourth-order valence-corrected chi connectivity index (χ4v) is 2.17. The van der Waals surface area contributed by atoms with Gasteiger partial charge in [0, 0.05) is 24.7 Å². The van der Waals surface area contributed by atoms with E-state index in [0.29, 0.717) is 5.92 Å². The smallest absolute Gasteiger partial charge is 0.0670 e. The Balaban J connectivity index is 2.04. The fourth-order valence-electron chi connectivity index (χ4n) is 1.88. The maximum absolute atomic E-state index is 6.21. The van der Waals surface area contributed by atoms with Crippen molar-refractivity contribution in [1.82, 2.24) is 4.57 Å². The third-order valence-electron chi connectivity index (χ3n) is 2.67. The first-order chi connectivity index (χ1) is 8.18. The van der Waals surface area contributed by atoms with Crippen molar-refractivity contribution in [1.29, 1.82) is 0 Å². The zero-order chi connectivity index (χ0) is 12.3. The van der Waals surface area contributed by atoms with Gasteiger partial charge in [-0.2, -0.15) is 0 Å². The van der Waals surface area contributed by atoms with Crippen molar-refractivity contribution in [2.45, 2.75) is 20.4 Å². The van der Waals surface area contributed by atoms with Crippen LogP contribution in [0.15, 0.2) is 30.5 Å². The third kappa shape index (κ3) is 3.02. The van der Waals surface area contributed by atoms with Crippen LogP contribution in [0.25, 0.3) is 10.9 Å². The lowest BCUT2D eigenvalue weighted by Crippen LogP contribution is -2.08. The molecule has 3 heteroatoms. The number of halogens is 1. The Morgan fingerprint density at radius 3 is 2.88 bits per heavy atom. The Morgan fingerprint density at radius 1 is 1.29 bits per heavy atom. The van der Waals surface area contributed by atoms with Crippen molar-refractivity contribution in [3.05, 3.63) is 35.5 Å². The Bertz CT molecular complexity index is 490. The topological polar surface area (TPSA) is 14.2 Å². The highest BCUT2D eigenvalue weighted by molar-refractivity contribution is 6.35. The van der Waals surface area contributed by atoms with E-state index < -0.39 is 0 Å². The summed E-state index contributed by atoms with van der Waals surface area (Å²) in [6.45, 7) is 6.70. The van der Waals surface area contributed by atoms with Crippen LogP contribution in [0, 0.1) is 5.92 Å².